The van der Waals surface area contributed by atoms with Crippen LogP contribution in [0.25, 0.3) is 38.8 Å². The van der Waals surface area contributed by atoms with Crippen molar-refractivity contribution in [3.63, 3.8) is 0 Å². The predicted molar refractivity (Wildman–Crippen MR) is 209 cm³/mol. The number of anilines is 4. The summed E-state index contributed by atoms with van der Waals surface area (Å²) in [4.78, 5) is 8.66. The molecule has 0 saturated carbocycles. The molecule has 1 aliphatic heterocycles. The molecule has 6 aromatic carbocycles. The third kappa shape index (κ3) is 6.07. The van der Waals surface area contributed by atoms with Gasteiger partial charge in [0.2, 0.25) is 0 Å². The molecule has 0 unspecified atom stereocenters. The fraction of sp³-hybridized carbons (Fsp3) is 0.0870. The molecule has 0 fully saturated rings. The predicted octanol–water partition coefficient (Wildman–Crippen LogP) is 12.0. The quantitative estimate of drug-likeness (QED) is 0.156. The normalized spacial score (nSPS) is 12.3. The van der Waals surface area contributed by atoms with Gasteiger partial charge >= 0.3 is 0 Å². The van der Waals surface area contributed by atoms with E-state index >= 15 is 4.39 Å². The van der Waals surface area contributed by atoms with Crippen LogP contribution in [0.1, 0.15) is 22.3 Å². The van der Waals surface area contributed by atoms with Gasteiger partial charge in [-0.05, 0) is 97.8 Å². The van der Waals surface area contributed by atoms with E-state index in [2.05, 4.69) is 92.9 Å². The number of fused-ring (bicyclic) bond motifs is 4. The maximum absolute atomic E-state index is 15.2. The van der Waals surface area contributed by atoms with Crippen molar-refractivity contribution < 1.29 is 30.2 Å². The van der Waals surface area contributed by atoms with Crippen LogP contribution in [0.3, 0.4) is 0 Å². The molecule has 1 aliphatic rings. The van der Waals surface area contributed by atoms with E-state index in [0.717, 1.165) is 61.4 Å². The van der Waals surface area contributed by atoms with Gasteiger partial charge in [0.05, 0.1) is 0 Å². The summed E-state index contributed by atoms with van der Waals surface area (Å²) in [7, 11) is 0. The van der Waals surface area contributed by atoms with Crippen molar-refractivity contribution in [1.82, 2.24) is 9.55 Å². The van der Waals surface area contributed by atoms with Crippen molar-refractivity contribution in [3.05, 3.63) is 174 Å². The van der Waals surface area contributed by atoms with Crippen LogP contribution in [0.5, 0.6) is 11.5 Å². The van der Waals surface area contributed by atoms with Crippen molar-refractivity contribution in [2.24, 2.45) is 0 Å². The largest absolute Gasteiger partial charge is 0.509 e. The number of aryl methyl sites for hydroxylation is 4. The fourth-order valence-electron chi connectivity index (χ4n) is 7.57. The number of hydrogen-bond acceptors (Lipinski definition) is 4. The van der Waals surface area contributed by atoms with Crippen LogP contribution in [0.15, 0.2) is 128 Å². The Morgan fingerprint density at radius 1 is 0.642 bits per heavy atom. The van der Waals surface area contributed by atoms with Crippen LogP contribution >= 0.6 is 0 Å². The van der Waals surface area contributed by atoms with E-state index in [4.69, 9.17) is 9.72 Å². The van der Waals surface area contributed by atoms with Gasteiger partial charge in [-0.2, -0.15) is 6.07 Å². The fourth-order valence-corrected chi connectivity index (χ4v) is 7.57. The summed E-state index contributed by atoms with van der Waals surface area (Å²) in [5.74, 6) is 1.62. The summed E-state index contributed by atoms with van der Waals surface area (Å²) in [5, 5.41) is 2.18. The van der Waals surface area contributed by atoms with Crippen molar-refractivity contribution >= 4 is 44.6 Å². The van der Waals surface area contributed by atoms with E-state index in [0.29, 0.717) is 17.2 Å². The topological polar surface area (TPSA) is 33.5 Å². The van der Waals surface area contributed by atoms with Gasteiger partial charge in [0.15, 0.2) is 0 Å². The molecule has 0 atom stereocenters. The SMILES string of the molecule is Cc1ccnc(-n2c3[c-]c(Oc4[c-]c(N5[CH-]N(c6ccccc6F)c6ccccc65)cc(-c5c(C)cc(C)cc5C)c4)ccc3c3ccccc32)c1.[Pt]. The summed E-state index contributed by atoms with van der Waals surface area (Å²) in [6.45, 7) is 10.4. The Balaban J connectivity index is 0.00000400. The minimum Gasteiger partial charge on any atom is -0.509 e. The van der Waals surface area contributed by atoms with Crippen LogP contribution in [-0.2, 0) is 21.1 Å². The minimum absolute atomic E-state index is 0. The van der Waals surface area contributed by atoms with Gasteiger partial charge in [0.25, 0.3) is 0 Å². The first-order chi connectivity index (χ1) is 25.3. The number of aromatic nitrogens is 2. The smallest absolute Gasteiger partial charge is 0.144 e. The van der Waals surface area contributed by atoms with Crippen molar-refractivity contribution in [2.75, 3.05) is 9.80 Å². The summed E-state index contributed by atoms with van der Waals surface area (Å²) < 4.78 is 24.1. The van der Waals surface area contributed by atoms with Gasteiger partial charge < -0.3 is 19.1 Å². The van der Waals surface area contributed by atoms with Gasteiger partial charge in [0, 0.05) is 61.3 Å². The van der Waals surface area contributed by atoms with Crippen molar-refractivity contribution in [1.29, 1.82) is 0 Å². The first kappa shape index (κ1) is 34.4. The maximum Gasteiger partial charge on any atom is 0.144 e. The Bertz CT molecular complexity index is 2660. The number of rotatable bonds is 6. The Hall–Kier alpha value is -5.71. The zero-order valence-electron chi connectivity index (χ0n) is 29.6. The average molecular weight is 873 g/mol. The molecule has 0 saturated heterocycles. The Morgan fingerprint density at radius 3 is 2.09 bits per heavy atom. The third-order valence-corrected chi connectivity index (χ3v) is 9.71. The van der Waals surface area contributed by atoms with E-state index in [9.17, 15) is 0 Å². The Labute approximate surface area is 323 Å². The minimum atomic E-state index is -0.299. The first-order valence-corrected chi connectivity index (χ1v) is 17.3. The summed E-state index contributed by atoms with van der Waals surface area (Å²) in [5.41, 5.74) is 11.7. The molecule has 53 heavy (non-hydrogen) atoms. The van der Waals surface area contributed by atoms with E-state index in [1.54, 1.807) is 12.1 Å². The molecule has 5 nitrogen and oxygen atoms in total. The number of pyridine rings is 1. The second kappa shape index (κ2) is 13.7. The Kier molecular flexibility index (Phi) is 8.88. The number of hydrogen-bond donors (Lipinski definition) is 0. The zero-order chi connectivity index (χ0) is 35.5. The summed E-state index contributed by atoms with van der Waals surface area (Å²) in [6, 6.07) is 47.0. The molecule has 264 valence electrons. The molecule has 0 aliphatic carbocycles. The second-order valence-corrected chi connectivity index (χ2v) is 13.4. The maximum atomic E-state index is 15.2. The molecule has 0 amide bonds. The zero-order valence-corrected chi connectivity index (χ0v) is 31.9. The average Bonchev–Trinajstić information content (AvgIpc) is 3.67. The van der Waals surface area contributed by atoms with Crippen LogP contribution < -0.4 is 14.5 Å². The second-order valence-electron chi connectivity index (χ2n) is 13.4. The molecular formula is C46H34FN4OPt-3. The number of ether oxygens (including phenoxy) is 1. The summed E-state index contributed by atoms with van der Waals surface area (Å²) in [6.07, 6.45) is 1.84. The molecular weight excluding hydrogens is 839 g/mol. The van der Waals surface area contributed by atoms with Crippen molar-refractivity contribution in [2.45, 2.75) is 27.7 Å². The molecule has 3 heterocycles. The van der Waals surface area contributed by atoms with Gasteiger partial charge in [0.1, 0.15) is 11.6 Å². The monoisotopic (exact) mass is 872 g/mol. The first-order valence-electron chi connectivity index (χ1n) is 17.3. The van der Waals surface area contributed by atoms with Gasteiger partial charge in [-0.3, -0.25) is 0 Å². The molecule has 0 radical (unpaired) electrons. The Morgan fingerprint density at radius 2 is 1.34 bits per heavy atom. The van der Waals surface area contributed by atoms with E-state index < -0.39 is 0 Å². The van der Waals surface area contributed by atoms with Gasteiger partial charge in [-0.25, -0.2) is 9.37 Å². The van der Waals surface area contributed by atoms with E-state index in [1.807, 2.05) is 77.3 Å². The van der Waals surface area contributed by atoms with Crippen LogP contribution in [-0.4, -0.2) is 9.55 Å². The molecule has 2 aromatic heterocycles. The molecule has 8 aromatic rings. The molecule has 0 spiro atoms. The number of benzene rings is 6. The number of halogens is 1. The van der Waals surface area contributed by atoms with Gasteiger partial charge in [-0.15, -0.1) is 53.6 Å². The molecule has 7 heteroatoms. The van der Waals surface area contributed by atoms with E-state index in [1.165, 1.54) is 22.8 Å². The van der Waals surface area contributed by atoms with Gasteiger partial charge in [-0.1, -0.05) is 65.7 Å². The standard InChI is InChI=1S/C46H34FN4O.Pt/c1-29-19-20-48-45(23-29)51-40-13-7-5-11-37(40)38-18-17-35(27-44(38)51)52-36-25-33(46-31(3)21-30(2)22-32(46)4)24-34(26-36)49-28-50(41-14-8-6-12-39(41)47)43-16-10-9-15-42(43)49;/h5-25,28H,1-4H3;/q-3;. The van der Waals surface area contributed by atoms with Crippen LogP contribution in [0.4, 0.5) is 27.1 Å². The van der Waals surface area contributed by atoms with Crippen LogP contribution in [0.2, 0.25) is 0 Å². The number of nitrogens with zero attached hydrogens (tertiary/aromatic N) is 4. The molecule has 0 bridgehead atoms. The van der Waals surface area contributed by atoms with E-state index in [-0.39, 0.29) is 26.9 Å². The molecule has 9 rings (SSSR count). The van der Waals surface area contributed by atoms with Crippen LogP contribution in [0, 0.1) is 52.3 Å². The third-order valence-electron chi connectivity index (χ3n) is 9.71. The summed E-state index contributed by atoms with van der Waals surface area (Å²) >= 11 is 0. The molecule has 0 N–H and O–H groups in total. The van der Waals surface area contributed by atoms with Crippen molar-refractivity contribution in [3.8, 4) is 28.4 Å². The number of para-hydroxylation sites is 4.